The van der Waals surface area contributed by atoms with Crippen LogP contribution in [0.2, 0.25) is 0 Å². The van der Waals surface area contributed by atoms with Crippen LogP contribution >= 0.6 is 0 Å². The molecule has 1 aromatic carbocycles. The fourth-order valence-electron chi connectivity index (χ4n) is 3.76. The zero-order valence-electron chi connectivity index (χ0n) is 13.9. The van der Waals surface area contributed by atoms with Gasteiger partial charge < -0.3 is 9.64 Å². The number of ether oxygens (including phenoxy) is 1. The molecule has 5 heteroatoms. The van der Waals surface area contributed by atoms with Gasteiger partial charge in [0.15, 0.2) is 0 Å². The highest BCUT2D eigenvalue weighted by molar-refractivity contribution is 5.61. The molecule has 2 aromatic rings. The van der Waals surface area contributed by atoms with Gasteiger partial charge in [-0.1, -0.05) is 23.4 Å². The van der Waals surface area contributed by atoms with Crippen molar-refractivity contribution < 1.29 is 4.74 Å². The first-order valence-corrected chi connectivity index (χ1v) is 8.44. The van der Waals surface area contributed by atoms with Gasteiger partial charge in [-0.05, 0) is 38.3 Å². The molecule has 0 bridgehead atoms. The van der Waals surface area contributed by atoms with Gasteiger partial charge in [0.05, 0.1) is 19.3 Å². The Hall–Kier alpha value is -1.88. The summed E-state index contributed by atoms with van der Waals surface area (Å²) in [5, 5.41) is 8.70. The van der Waals surface area contributed by atoms with Gasteiger partial charge in [-0.25, -0.2) is 0 Å². The summed E-state index contributed by atoms with van der Waals surface area (Å²) in [5.41, 5.74) is 3.91. The average molecular weight is 312 g/mol. The molecule has 23 heavy (non-hydrogen) atoms. The number of aromatic nitrogens is 3. The molecule has 0 amide bonds. The Balaban J connectivity index is 1.50. The Bertz CT molecular complexity index is 688. The summed E-state index contributed by atoms with van der Waals surface area (Å²) < 4.78 is 7.42. The molecular formula is C18H24N4O. The summed E-state index contributed by atoms with van der Waals surface area (Å²) in [6, 6.07) is 8.68. The number of anilines is 1. The normalized spacial score (nSPS) is 22.5. The van der Waals surface area contributed by atoms with Crippen LogP contribution in [0, 0.1) is 5.92 Å². The molecule has 1 atom stereocenters. The standard InChI is InChI=1S/C18H24N4O/c1-18(2)9-15-5-3-4-6-17(15)22(18)12-16-11-21(20-19-16)10-14-7-8-23-13-14/h3-6,11,14H,7-10,12-13H2,1-2H3. The third-order valence-electron chi connectivity index (χ3n) is 5.01. The number of para-hydroxylation sites is 1. The molecule has 122 valence electrons. The van der Waals surface area contributed by atoms with E-state index in [9.17, 15) is 0 Å². The third kappa shape index (κ3) is 2.85. The molecule has 2 aliphatic rings. The predicted octanol–water partition coefficient (Wildman–Crippen LogP) is 2.66. The van der Waals surface area contributed by atoms with Gasteiger partial charge in [0, 0.05) is 30.3 Å². The van der Waals surface area contributed by atoms with E-state index in [4.69, 9.17) is 4.74 Å². The summed E-state index contributed by atoms with van der Waals surface area (Å²) in [6.07, 6.45) is 4.30. The molecule has 3 heterocycles. The highest BCUT2D eigenvalue weighted by Crippen LogP contribution is 2.39. The van der Waals surface area contributed by atoms with E-state index >= 15 is 0 Å². The van der Waals surface area contributed by atoms with Crippen molar-refractivity contribution in [2.24, 2.45) is 5.92 Å². The molecule has 0 radical (unpaired) electrons. The molecule has 1 saturated heterocycles. The van der Waals surface area contributed by atoms with Crippen molar-refractivity contribution in [3.63, 3.8) is 0 Å². The largest absolute Gasteiger partial charge is 0.381 e. The van der Waals surface area contributed by atoms with E-state index in [1.54, 1.807) is 0 Å². The van der Waals surface area contributed by atoms with Crippen LogP contribution in [-0.4, -0.2) is 33.7 Å². The number of benzene rings is 1. The van der Waals surface area contributed by atoms with E-state index in [0.29, 0.717) is 5.92 Å². The Kier molecular flexibility index (Phi) is 3.60. The Morgan fingerprint density at radius 1 is 1.30 bits per heavy atom. The lowest BCUT2D eigenvalue weighted by Crippen LogP contribution is -2.40. The number of rotatable bonds is 4. The first kappa shape index (κ1) is 14.7. The summed E-state index contributed by atoms with van der Waals surface area (Å²) >= 11 is 0. The molecule has 0 aliphatic carbocycles. The van der Waals surface area contributed by atoms with Crippen molar-refractivity contribution in [2.75, 3.05) is 18.1 Å². The number of nitrogens with zero attached hydrogens (tertiary/aromatic N) is 4. The van der Waals surface area contributed by atoms with E-state index in [2.05, 4.69) is 59.5 Å². The van der Waals surface area contributed by atoms with Gasteiger partial charge in [-0.2, -0.15) is 0 Å². The summed E-state index contributed by atoms with van der Waals surface area (Å²) in [7, 11) is 0. The van der Waals surface area contributed by atoms with Gasteiger partial charge >= 0.3 is 0 Å². The summed E-state index contributed by atoms with van der Waals surface area (Å²) in [4.78, 5) is 2.45. The van der Waals surface area contributed by atoms with Crippen molar-refractivity contribution >= 4 is 5.69 Å². The predicted molar refractivity (Wildman–Crippen MR) is 89.4 cm³/mol. The summed E-state index contributed by atoms with van der Waals surface area (Å²) in [5.74, 6) is 0.577. The fourth-order valence-corrected chi connectivity index (χ4v) is 3.76. The topological polar surface area (TPSA) is 43.2 Å². The van der Waals surface area contributed by atoms with Gasteiger partial charge in [-0.3, -0.25) is 4.68 Å². The van der Waals surface area contributed by atoms with Crippen LogP contribution in [0.15, 0.2) is 30.5 Å². The lowest BCUT2D eigenvalue weighted by atomic mass is 9.99. The summed E-state index contributed by atoms with van der Waals surface area (Å²) in [6.45, 7) is 8.05. The highest BCUT2D eigenvalue weighted by atomic mass is 16.5. The van der Waals surface area contributed by atoms with Crippen LogP contribution in [0.25, 0.3) is 0 Å². The van der Waals surface area contributed by atoms with Crippen molar-refractivity contribution in [2.45, 2.75) is 45.3 Å². The smallest absolute Gasteiger partial charge is 0.102 e. The second-order valence-electron chi connectivity index (χ2n) is 7.37. The molecule has 1 unspecified atom stereocenters. The van der Waals surface area contributed by atoms with Crippen LogP contribution in [0.4, 0.5) is 5.69 Å². The van der Waals surface area contributed by atoms with E-state index in [-0.39, 0.29) is 5.54 Å². The Morgan fingerprint density at radius 3 is 3.00 bits per heavy atom. The molecule has 1 fully saturated rings. The zero-order valence-corrected chi connectivity index (χ0v) is 13.9. The third-order valence-corrected chi connectivity index (χ3v) is 5.01. The highest BCUT2D eigenvalue weighted by Gasteiger charge is 2.35. The molecule has 0 spiro atoms. The molecular weight excluding hydrogens is 288 g/mol. The number of hydrogen-bond acceptors (Lipinski definition) is 4. The minimum Gasteiger partial charge on any atom is -0.381 e. The number of hydrogen-bond donors (Lipinski definition) is 0. The average Bonchev–Trinajstić information content (AvgIpc) is 3.22. The monoisotopic (exact) mass is 312 g/mol. The molecule has 0 N–H and O–H groups in total. The fraction of sp³-hybridized carbons (Fsp3) is 0.556. The Morgan fingerprint density at radius 2 is 2.17 bits per heavy atom. The maximum absolute atomic E-state index is 5.44. The van der Waals surface area contributed by atoms with Gasteiger partial charge in [-0.15, -0.1) is 5.10 Å². The van der Waals surface area contributed by atoms with Crippen molar-refractivity contribution in [1.29, 1.82) is 0 Å². The van der Waals surface area contributed by atoms with E-state index in [1.165, 1.54) is 11.3 Å². The van der Waals surface area contributed by atoms with Crippen LogP contribution in [-0.2, 0) is 24.2 Å². The SMILES string of the molecule is CC1(C)Cc2ccccc2N1Cc1cn(CC2CCOC2)nn1. The van der Waals surface area contributed by atoms with E-state index < -0.39 is 0 Å². The Labute approximate surface area is 137 Å². The van der Waals surface area contributed by atoms with Gasteiger partial charge in [0.1, 0.15) is 5.69 Å². The quantitative estimate of drug-likeness (QED) is 0.870. The van der Waals surface area contributed by atoms with Crippen LogP contribution < -0.4 is 4.90 Å². The van der Waals surface area contributed by atoms with Crippen molar-refractivity contribution in [1.82, 2.24) is 15.0 Å². The number of fused-ring (bicyclic) bond motifs is 1. The maximum Gasteiger partial charge on any atom is 0.102 e. The molecule has 1 aromatic heterocycles. The van der Waals surface area contributed by atoms with Crippen LogP contribution in [0.5, 0.6) is 0 Å². The van der Waals surface area contributed by atoms with Crippen LogP contribution in [0.1, 0.15) is 31.5 Å². The first-order chi connectivity index (χ1) is 11.1. The molecule has 2 aliphatic heterocycles. The van der Waals surface area contributed by atoms with E-state index in [1.807, 2.05) is 4.68 Å². The first-order valence-electron chi connectivity index (χ1n) is 8.44. The van der Waals surface area contributed by atoms with Crippen LogP contribution in [0.3, 0.4) is 0 Å². The van der Waals surface area contributed by atoms with Crippen molar-refractivity contribution in [3.05, 3.63) is 41.7 Å². The second-order valence-corrected chi connectivity index (χ2v) is 7.37. The minimum atomic E-state index is 0.118. The van der Waals surface area contributed by atoms with Crippen molar-refractivity contribution in [3.8, 4) is 0 Å². The van der Waals surface area contributed by atoms with E-state index in [0.717, 1.165) is 44.8 Å². The lowest BCUT2D eigenvalue weighted by Gasteiger charge is -2.33. The van der Waals surface area contributed by atoms with Gasteiger partial charge in [0.25, 0.3) is 0 Å². The lowest BCUT2D eigenvalue weighted by molar-refractivity contribution is 0.181. The van der Waals surface area contributed by atoms with Gasteiger partial charge in [0.2, 0.25) is 0 Å². The second kappa shape index (κ2) is 5.64. The minimum absolute atomic E-state index is 0.118. The molecule has 0 saturated carbocycles. The molecule has 4 rings (SSSR count). The maximum atomic E-state index is 5.44. The zero-order chi connectivity index (χ0) is 15.9. The molecule has 5 nitrogen and oxygen atoms in total.